The highest BCUT2D eigenvalue weighted by Gasteiger charge is 2.14. The molecule has 0 radical (unpaired) electrons. The lowest BCUT2D eigenvalue weighted by Crippen LogP contribution is -2.10. The third kappa shape index (κ3) is 3.22. The summed E-state index contributed by atoms with van der Waals surface area (Å²) < 4.78 is 42.2. The molecule has 0 saturated heterocycles. The topological polar surface area (TPSA) is 39.2 Å². The number of nitrogens with zero attached hydrogens (tertiary/aromatic N) is 1. The van der Waals surface area contributed by atoms with Crippen LogP contribution in [0.15, 0.2) is 12.3 Å². The van der Waals surface area contributed by atoms with Crippen LogP contribution in [0.4, 0.5) is 13.2 Å². The van der Waals surface area contributed by atoms with Crippen LogP contribution in [-0.2, 0) is 16.0 Å². The molecule has 6 heteroatoms. The first-order valence-electron chi connectivity index (χ1n) is 4.62. The van der Waals surface area contributed by atoms with Crippen LogP contribution in [0.2, 0.25) is 0 Å². The Bertz CT molecular complexity index is 382. The first-order valence-corrected chi connectivity index (χ1v) is 4.62. The van der Waals surface area contributed by atoms with Gasteiger partial charge in [0.2, 0.25) is 5.95 Å². The molecule has 3 nitrogen and oxygen atoms in total. The van der Waals surface area contributed by atoms with Crippen LogP contribution >= 0.6 is 0 Å². The van der Waals surface area contributed by atoms with Gasteiger partial charge >= 0.3 is 5.97 Å². The van der Waals surface area contributed by atoms with E-state index in [-0.39, 0.29) is 12.2 Å². The average molecular weight is 233 g/mol. The summed E-state index contributed by atoms with van der Waals surface area (Å²) in [7, 11) is 0. The van der Waals surface area contributed by atoms with Crippen molar-refractivity contribution in [2.45, 2.75) is 19.8 Å². The number of alkyl halides is 2. The van der Waals surface area contributed by atoms with E-state index in [1.807, 2.05) is 0 Å². The van der Waals surface area contributed by atoms with Gasteiger partial charge in [-0.1, -0.05) is 0 Å². The van der Waals surface area contributed by atoms with Crippen molar-refractivity contribution in [1.29, 1.82) is 0 Å². The van der Waals surface area contributed by atoms with Crippen LogP contribution in [-0.4, -0.2) is 17.6 Å². The molecule has 0 aliphatic rings. The van der Waals surface area contributed by atoms with Gasteiger partial charge in [0.15, 0.2) is 0 Å². The fraction of sp³-hybridized carbons (Fsp3) is 0.400. The summed E-state index contributed by atoms with van der Waals surface area (Å²) in [6, 6.07) is 0.921. The number of halogens is 3. The van der Waals surface area contributed by atoms with Crippen LogP contribution in [0.1, 0.15) is 24.5 Å². The lowest BCUT2D eigenvalue weighted by Gasteiger charge is -2.05. The van der Waals surface area contributed by atoms with E-state index in [4.69, 9.17) is 0 Å². The normalized spacial score (nSPS) is 10.6. The molecule has 0 bridgehead atoms. The van der Waals surface area contributed by atoms with Gasteiger partial charge in [-0.2, -0.15) is 4.39 Å². The summed E-state index contributed by atoms with van der Waals surface area (Å²) in [6.45, 7) is 1.75. The molecule has 1 aromatic heterocycles. The van der Waals surface area contributed by atoms with Crippen molar-refractivity contribution in [3.63, 3.8) is 0 Å². The Morgan fingerprint density at radius 3 is 2.81 bits per heavy atom. The number of hydrogen-bond acceptors (Lipinski definition) is 3. The molecule has 1 rings (SSSR count). The van der Waals surface area contributed by atoms with Gasteiger partial charge in [0, 0.05) is 17.3 Å². The van der Waals surface area contributed by atoms with Gasteiger partial charge in [0.25, 0.3) is 6.43 Å². The van der Waals surface area contributed by atoms with Gasteiger partial charge in [-0.3, -0.25) is 4.79 Å². The molecular formula is C10H10F3NO2. The molecule has 0 unspecified atom stereocenters. The predicted octanol–water partition coefficient (Wildman–Crippen LogP) is 2.26. The maximum Gasteiger partial charge on any atom is 0.310 e. The maximum atomic E-state index is 13.1. The molecule has 0 aromatic carbocycles. The molecular weight excluding hydrogens is 223 g/mol. The molecule has 88 valence electrons. The van der Waals surface area contributed by atoms with Crippen molar-refractivity contribution in [3.8, 4) is 0 Å². The summed E-state index contributed by atoms with van der Waals surface area (Å²) in [6.07, 6.45) is -2.39. The Morgan fingerprint density at radius 2 is 2.25 bits per heavy atom. The molecule has 16 heavy (non-hydrogen) atoms. The predicted molar refractivity (Wildman–Crippen MR) is 49.5 cm³/mol. The molecule has 0 saturated carbocycles. The maximum absolute atomic E-state index is 13.1. The van der Waals surface area contributed by atoms with Crippen LogP contribution in [0, 0.1) is 5.95 Å². The van der Waals surface area contributed by atoms with E-state index in [1.54, 1.807) is 6.92 Å². The number of esters is 1. The van der Waals surface area contributed by atoms with Crippen LogP contribution in [0.3, 0.4) is 0 Å². The van der Waals surface area contributed by atoms with Crippen molar-refractivity contribution in [2.24, 2.45) is 0 Å². The summed E-state index contributed by atoms with van der Waals surface area (Å²) in [5.41, 5.74) is -0.600. The van der Waals surface area contributed by atoms with Crippen molar-refractivity contribution >= 4 is 5.97 Å². The van der Waals surface area contributed by atoms with Gasteiger partial charge in [-0.15, -0.1) is 0 Å². The molecule has 0 aliphatic heterocycles. The molecule has 0 amide bonds. The second-order valence-electron chi connectivity index (χ2n) is 3.00. The van der Waals surface area contributed by atoms with Gasteiger partial charge < -0.3 is 4.74 Å². The first-order chi connectivity index (χ1) is 7.54. The van der Waals surface area contributed by atoms with Crippen molar-refractivity contribution in [1.82, 2.24) is 4.98 Å². The zero-order chi connectivity index (χ0) is 12.1. The molecule has 1 aromatic rings. The van der Waals surface area contributed by atoms with E-state index in [2.05, 4.69) is 9.72 Å². The van der Waals surface area contributed by atoms with Gasteiger partial charge in [0.05, 0.1) is 13.0 Å². The smallest absolute Gasteiger partial charge is 0.310 e. The number of aromatic nitrogens is 1. The zero-order valence-electron chi connectivity index (χ0n) is 8.54. The fourth-order valence-electron chi connectivity index (χ4n) is 1.12. The van der Waals surface area contributed by atoms with E-state index in [1.165, 1.54) is 0 Å². The Labute approximate surface area is 90.2 Å². The minimum Gasteiger partial charge on any atom is -0.466 e. The lowest BCUT2D eigenvalue weighted by atomic mass is 10.1. The molecule has 0 N–H and O–H groups in total. The highest BCUT2D eigenvalue weighted by Crippen LogP contribution is 2.20. The largest absolute Gasteiger partial charge is 0.466 e. The summed E-state index contributed by atoms with van der Waals surface area (Å²) in [5, 5.41) is 0. The van der Waals surface area contributed by atoms with Crippen molar-refractivity contribution in [3.05, 3.63) is 29.3 Å². The monoisotopic (exact) mass is 233 g/mol. The number of ether oxygens (including phenoxy) is 1. The average Bonchev–Trinajstić information content (AvgIpc) is 2.21. The number of carbonyl (C=O) groups excluding carboxylic acids is 1. The summed E-state index contributed by atoms with van der Waals surface area (Å²) in [4.78, 5) is 14.2. The fourth-order valence-corrected chi connectivity index (χ4v) is 1.12. The highest BCUT2D eigenvalue weighted by molar-refractivity contribution is 5.72. The Hall–Kier alpha value is -1.59. The second kappa shape index (κ2) is 5.48. The van der Waals surface area contributed by atoms with E-state index < -0.39 is 30.3 Å². The minimum atomic E-state index is -2.74. The lowest BCUT2D eigenvalue weighted by molar-refractivity contribution is -0.142. The molecule has 0 atom stereocenters. The second-order valence-corrected chi connectivity index (χ2v) is 3.00. The quantitative estimate of drug-likeness (QED) is 0.591. The summed E-state index contributed by atoms with van der Waals surface area (Å²) >= 11 is 0. The van der Waals surface area contributed by atoms with E-state index in [0.717, 1.165) is 12.3 Å². The Kier molecular flexibility index (Phi) is 4.28. The Balaban J connectivity index is 2.86. The molecule has 0 fully saturated rings. The third-order valence-corrected chi connectivity index (χ3v) is 1.82. The van der Waals surface area contributed by atoms with Gasteiger partial charge in [-0.05, 0) is 13.0 Å². The number of pyridine rings is 1. The SMILES string of the molecule is CCOC(=O)Cc1cc(C(F)F)cnc1F. The van der Waals surface area contributed by atoms with Crippen molar-refractivity contribution in [2.75, 3.05) is 6.61 Å². The highest BCUT2D eigenvalue weighted by atomic mass is 19.3. The zero-order valence-corrected chi connectivity index (χ0v) is 8.54. The number of hydrogen-bond donors (Lipinski definition) is 0. The standard InChI is InChI=1S/C10H10F3NO2/c1-2-16-8(15)4-6-3-7(9(11)12)5-14-10(6)13/h3,5,9H,2,4H2,1H3. The number of rotatable bonds is 4. The molecule has 0 spiro atoms. The number of carbonyl (C=O) groups is 1. The van der Waals surface area contributed by atoms with Crippen molar-refractivity contribution < 1.29 is 22.7 Å². The first kappa shape index (κ1) is 12.5. The van der Waals surface area contributed by atoms with Crippen LogP contribution in [0.25, 0.3) is 0 Å². The minimum absolute atomic E-state index is 0.155. The van der Waals surface area contributed by atoms with E-state index in [0.29, 0.717) is 0 Å². The van der Waals surface area contributed by atoms with Gasteiger partial charge in [0.1, 0.15) is 0 Å². The Morgan fingerprint density at radius 1 is 1.56 bits per heavy atom. The van der Waals surface area contributed by atoms with E-state index >= 15 is 0 Å². The van der Waals surface area contributed by atoms with E-state index in [9.17, 15) is 18.0 Å². The van der Waals surface area contributed by atoms with Crippen LogP contribution in [0.5, 0.6) is 0 Å². The molecule has 1 heterocycles. The summed E-state index contributed by atoms with van der Waals surface area (Å²) in [5.74, 6) is -1.60. The van der Waals surface area contributed by atoms with Gasteiger partial charge in [-0.25, -0.2) is 13.8 Å². The van der Waals surface area contributed by atoms with Crippen LogP contribution < -0.4 is 0 Å². The molecule has 0 aliphatic carbocycles. The third-order valence-electron chi connectivity index (χ3n) is 1.82.